The van der Waals surface area contributed by atoms with Crippen molar-refractivity contribution in [1.29, 1.82) is 0 Å². The van der Waals surface area contributed by atoms with Gasteiger partial charge in [0.05, 0.1) is 11.4 Å². The zero-order valence-corrected chi connectivity index (χ0v) is 11.0. The van der Waals surface area contributed by atoms with Crippen molar-refractivity contribution in [2.45, 2.75) is 13.3 Å². The summed E-state index contributed by atoms with van der Waals surface area (Å²) in [7, 11) is 1.72. The predicted molar refractivity (Wildman–Crippen MR) is 75.2 cm³/mol. The van der Waals surface area contributed by atoms with Gasteiger partial charge < -0.3 is 11.1 Å². The maximum Gasteiger partial charge on any atom is 0.240 e. The highest BCUT2D eigenvalue weighted by Gasteiger charge is 2.21. The molecule has 0 radical (unpaired) electrons. The van der Waals surface area contributed by atoms with E-state index in [4.69, 9.17) is 5.73 Å². The van der Waals surface area contributed by atoms with Gasteiger partial charge in [-0.05, 0) is 17.7 Å². The number of aliphatic imine (C=N–C) groups is 1. The molecule has 6 nitrogen and oxygen atoms in total. The first-order valence-corrected chi connectivity index (χ1v) is 6.09. The van der Waals surface area contributed by atoms with Gasteiger partial charge in [0.1, 0.15) is 0 Å². The number of hydrazone groups is 1. The van der Waals surface area contributed by atoms with Gasteiger partial charge >= 0.3 is 0 Å². The Kier molecular flexibility index (Phi) is 3.79. The predicted octanol–water partition coefficient (Wildman–Crippen LogP) is 0.712. The Morgan fingerprint density at radius 2 is 2.16 bits per heavy atom. The lowest BCUT2D eigenvalue weighted by molar-refractivity contribution is -0.121. The van der Waals surface area contributed by atoms with Gasteiger partial charge in [0.25, 0.3) is 0 Å². The van der Waals surface area contributed by atoms with E-state index in [0.717, 1.165) is 17.0 Å². The van der Waals surface area contributed by atoms with Gasteiger partial charge in [0.15, 0.2) is 5.96 Å². The highest BCUT2D eigenvalue weighted by Crippen LogP contribution is 2.19. The van der Waals surface area contributed by atoms with Crippen molar-refractivity contribution in [2.24, 2.45) is 21.7 Å². The number of carbonyl (C=O) groups excluding carboxylic acids is 1. The highest BCUT2D eigenvalue weighted by molar-refractivity contribution is 6.05. The van der Waals surface area contributed by atoms with Crippen LogP contribution in [0.5, 0.6) is 0 Å². The van der Waals surface area contributed by atoms with Crippen molar-refractivity contribution in [3.8, 4) is 0 Å². The van der Waals surface area contributed by atoms with E-state index in [2.05, 4.69) is 20.8 Å². The Labute approximate surface area is 111 Å². The average molecular weight is 259 g/mol. The third-order valence-electron chi connectivity index (χ3n) is 2.93. The molecule has 0 saturated carbocycles. The van der Waals surface area contributed by atoms with E-state index >= 15 is 0 Å². The first kappa shape index (κ1) is 13.1. The average Bonchev–Trinajstić information content (AvgIpc) is 2.40. The molecule has 19 heavy (non-hydrogen) atoms. The molecule has 100 valence electrons. The minimum Gasteiger partial charge on any atom is -0.370 e. The van der Waals surface area contributed by atoms with E-state index in [9.17, 15) is 4.79 Å². The molecular formula is C13H17N5O. The van der Waals surface area contributed by atoms with Crippen molar-refractivity contribution in [3.63, 3.8) is 0 Å². The molecule has 1 heterocycles. The van der Waals surface area contributed by atoms with Crippen molar-refractivity contribution in [1.82, 2.24) is 10.7 Å². The first-order chi connectivity index (χ1) is 9.10. The second-order valence-electron chi connectivity index (χ2n) is 4.43. The standard InChI is InChI=1S/C13H17N5O/c1-8-7-11(19)17-18-12(8)9-3-5-10(6-4-9)16-13(14)15-2/h3-6,8H,7H2,1-2H3,(H,17,19)(H3,14,15,16). The van der Waals surface area contributed by atoms with Crippen LogP contribution in [0, 0.1) is 5.92 Å². The minimum atomic E-state index is -0.0423. The highest BCUT2D eigenvalue weighted by atomic mass is 16.2. The van der Waals surface area contributed by atoms with E-state index < -0.39 is 0 Å². The molecule has 4 N–H and O–H groups in total. The summed E-state index contributed by atoms with van der Waals surface area (Å²) in [6.45, 7) is 1.99. The fourth-order valence-corrected chi connectivity index (χ4v) is 1.90. The van der Waals surface area contributed by atoms with E-state index in [1.807, 2.05) is 31.2 Å². The number of nitrogens with zero attached hydrogens (tertiary/aromatic N) is 2. The minimum absolute atomic E-state index is 0.0423. The molecule has 1 atom stereocenters. The monoisotopic (exact) mass is 259 g/mol. The fraction of sp³-hybridized carbons (Fsp3) is 0.308. The molecule has 0 bridgehead atoms. The van der Waals surface area contributed by atoms with Crippen molar-refractivity contribution >= 4 is 23.3 Å². The number of rotatable bonds is 2. The normalized spacial score (nSPS) is 19.7. The van der Waals surface area contributed by atoms with Crippen molar-refractivity contribution in [3.05, 3.63) is 29.8 Å². The number of benzene rings is 1. The summed E-state index contributed by atoms with van der Waals surface area (Å²) in [5.74, 6) is 0.438. The van der Waals surface area contributed by atoms with Gasteiger partial charge in [-0.2, -0.15) is 5.10 Å². The molecule has 0 spiro atoms. The van der Waals surface area contributed by atoms with Crippen LogP contribution in [0.25, 0.3) is 0 Å². The molecule has 1 aromatic carbocycles. The molecule has 1 unspecified atom stereocenters. The number of nitrogens with one attached hydrogen (secondary N) is 2. The lowest BCUT2D eigenvalue weighted by Crippen LogP contribution is -2.31. The second-order valence-corrected chi connectivity index (χ2v) is 4.43. The number of hydrogen-bond donors (Lipinski definition) is 3. The molecule has 0 fully saturated rings. The SMILES string of the molecule is CNC(N)=Nc1ccc(C2=NNC(=O)CC2C)cc1. The van der Waals surface area contributed by atoms with Gasteiger partial charge in [0, 0.05) is 19.4 Å². The van der Waals surface area contributed by atoms with Crippen LogP contribution in [0.1, 0.15) is 18.9 Å². The molecule has 0 saturated heterocycles. The quantitative estimate of drug-likeness (QED) is 0.539. The maximum atomic E-state index is 11.2. The molecule has 6 heteroatoms. The Hall–Kier alpha value is -2.37. The smallest absolute Gasteiger partial charge is 0.240 e. The summed E-state index contributed by atoms with van der Waals surface area (Å²) < 4.78 is 0. The largest absolute Gasteiger partial charge is 0.370 e. The number of nitrogens with two attached hydrogens (primary N) is 1. The summed E-state index contributed by atoms with van der Waals surface area (Å²) in [5.41, 5.74) is 10.7. The van der Waals surface area contributed by atoms with Crippen LogP contribution >= 0.6 is 0 Å². The van der Waals surface area contributed by atoms with Crippen LogP contribution in [0.15, 0.2) is 34.4 Å². The van der Waals surface area contributed by atoms with Gasteiger partial charge in [-0.3, -0.25) is 4.79 Å². The lowest BCUT2D eigenvalue weighted by atomic mass is 9.94. The first-order valence-electron chi connectivity index (χ1n) is 6.09. The molecule has 0 aliphatic carbocycles. The van der Waals surface area contributed by atoms with Gasteiger partial charge in [-0.1, -0.05) is 19.1 Å². The second kappa shape index (κ2) is 5.51. The summed E-state index contributed by atoms with van der Waals surface area (Å²) in [6, 6.07) is 7.58. The number of hydrogen-bond acceptors (Lipinski definition) is 3. The number of amides is 1. The van der Waals surface area contributed by atoms with Gasteiger partial charge in [0.2, 0.25) is 5.91 Å². The van der Waals surface area contributed by atoms with Crippen LogP contribution in [-0.2, 0) is 4.79 Å². The molecule has 1 aliphatic rings. The van der Waals surface area contributed by atoms with E-state index in [-0.39, 0.29) is 11.8 Å². The Morgan fingerprint density at radius 1 is 1.47 bits per heavy atom. The number of guanidine groups is 1. The lowest BCUT2D eigenvalue weighted by Gasteiger charge is -2.19. The summed E-state index contributed by atoms with van der Waals surface area (Å²) >= 11 is 0. The Morgan fingerprint density at radius 3 is 2.74 bits per heavy atom. The zero-order valence-electron chi connectivity index (χ0n) is 11.0. The van der Waals surface area contributed by atoms with Crippen LogP contribution in [0.3, 0.4) is 0 Å². The van der Waals surface area contributed by atoms with E-state index in [1.165, 1.54) is 0 Å². The van der Waals surface area contributed by atoms with Crippen molar-refractivity contribution in [2.75, 3.05) is 7.05 Å². The van der Waals surface area contributed by atoms with Gasteiger partial charge in [-0.25, -0.2) is 10.4 Å². The third-order valence-corrected chi connectivity index (χ3v) is 2.93. The third kappa shape index (κ3) is 3.09. The molecular weight excluding hydrogens is 242 g/mol. The number of carbonyl (C=O) groups is 1. The molecule has 1 aromatic rings. The maximum absolute atomic E-state index is 11.2. The Balaban J connectivity index is 2.21. The van der Waals surface area contributed by atoms with Crippen LogP contribution in [0.2, 0.25) is 0 Å². The molecule has 1 aliphatic heterocycles. The van der Waals surface area contributed by atoms with Gasteiger partial charge in [-0.15, -0.1) is 0 Å². The molecule has 2 rings (SSSR count). The molecule has 0 aromatic heterocycles. The van der Waals surface area contributed by atoms with E-state index in [1.54, 1.807) is 7.05 Å². The Bertz CT molecular complexity index is 532. The van der Waals surface area contributed by atoms with Crippen LogP contribution in [-0.4, -0.2) is 24.6 Å². The fourth-order valence-electron chi connectivity index (χ4n) is 1.90. The zero-order chi connectivity index (χ0) is 13.8. The van der Waals surface area contributed by atoms with Crippen LogP contribution in [0.4, 0.5) is 5.69 Å². The summed E-state index contributed by atoms with van der Waals surface area (Å²) in [6.07, 6.45) is 0.464. The topological polar surface area (TPSA) is 91.9 Å². The molecule has 1 amide bonds. The summed E-state index contributed by atoms with van der Waals surface area (Å²) in [4.78, 5) is 15.4. The van der Waals surface area contributed by atoms with Crippen LogP contribution < -0.4 is 16.5 Å². The van der Waals surface area contributed by atoms with Crippen molar-refractivity contribution < 1.29 is 4.79 Å². The summed E-state index contributed by atoms with van der Waals surface area (Å²) in [5, 5.41) is 6.87. The van der Waals surface area contributed by atoms with E-state index in [0.29, 0.717) is 12.4 Å².